The average molecular weight is 367 g/mol. The van der Waals surface area contributed by atoms with E-state index < -0.39 is 0 Å². The molecule has 1 amide bonds. The molecule has 130 valence electrons. The van der Waals surface area contributed by atoms with Crippen molar-refractivity contribution in [3.63, 3.8) is 0 Å². The summed E-state index contributed by atoms with van der Waals surface area (Å²) in [4.78, 5) is 20.0. The van der Waals surface area contributed by atoms with Crippen molar-refractivity contribution in [3.8, 4) is 10.6 Å². The molecule has 0 atom stereocenters. The van der Waals surface area contributed by atoms with Gasteiger partial charge in [0.25, 0.3) is 11.6 Å². The van der Waals surface area contributed by atoms with Crippen molar-refractivity contribution in [3.05, 3.63) is 64.9 Å². The van der Waals surface area contributed by atoms with Gasteiger partial charge in [0, 0.05) is 12.7 Å². The van der Waals surface area contributed by atoms with E-state index in [4.69, 9.17) is 4.52 Å². The van der Waals surface area contributed by atoms with Crippen molar-refractivity contribution < 1.29 is 13.7 Å². The Morgan fingerprint density at radius 3 is 2.69 bits per heavy atom. The van der Waals surface area contributed by atoms with Gasteiger partial charge in [-0.25, -0.2) is 9.37 Å². The number of thiophene rings is 1. The first-order chi connectivity index (χ1) is 12.5. The van der Waals surface area contributed by atoms with E-state index in [0.717, 1.165) is 4.88 Å². The maximum absolute atomic E-state index is 13.2. The molecule has 0 aliphatic carbocycles. The number of hydrogen-bond donors (Lipinski definition) is 0. The molecule has 0 radical (unpaired) electrons. The summed E-state index contributed by atoms with van der Waals surface area (Å²) in [5, 5.41) is 6.48. The molecule has 3 aromatic heterocycles. The van der Waals surface area contributed by atoms with Crippen LogP contribution in [0, 0.1) is 12.7 Å². The summed E-state index contributed by atoms with van der Waals surface area (Å²) in [6.45, 7) is 1.77. The first kappa shape index (κ1) is 16.4. The van der Waals surface area contributed by atoms with Gasteiger partial charge in [0.2, 0.25) is 0 Å². The van der Waals surface area contributed by atoms with Crippen LogP contribution in [0.5, 0.6) is 0 Å². The van der Waals surface area contributed by atoms with Gasteiger partial charge in [0.05, 0.1) is 27.2 Å². The maximum atomic E-state index is 13.2. The van der Waals surface area contributed by atoms with E-state index >= 15 is 0 Å². The lowest BCUT2D eigenvalue weighted by Crippen LogP contribution is -2.26. The van der Waals surface area contributed by atoms with E-state index in [-0.39, 0.29) is 11.7 Å². The van der Waals surface area contributed by atoms with E-state index in [1.807, 2.05) is 17.5 Å². The van der Waals surface area contributed by atoms with E-state index in [0.29, 0.717) is 33.7 Å². The van der Waals surface area contributed by atoms with Crippen LogP contribution in [0.15, 0.2) is 52.4 Å². The number of hydrogen-bond acceptors (Lipinski definition) is 5. The zero-order valence-corrected chi connectivity index (χ0v) is 14.9. The Kier molecular flexibility index (Phi) is 4.00. The van der Waals surface area contributed by atoms with Gasteiger partial charge in [0.1, 0.15) is 5.82 Å². The summed E-state index contributed by atoms with van der Waals surface area (Å²) >= 11 is 1.53. The minimum absolute atomic E-state index is 0.242. The van der Waals surface area contributed by atoms with Gasteiger partial charge in [-0.1, -0.05) is 11.2 Å². The van der Waals surface area contributed by atoms with Gasteiger partial charge in [-0.05, 0) is 48.7 Å². The number of rotatable bonds is 3. The Hall–Kier alpha value is -3.06. The van der Waals surface area contributed by atoms with Gasteiger partial charge in [0.15, 0.2) is 0 Å². The molecule has 4 aromatic rings. The van der Waals surface area contributed by atoms with Crippen molar-refractivity contribution in [2.45, 2.75) is 6.92 Å². The summed E-state index contributed by atoms with van der Waals surface area (Å²) in [7, 11) is 1.65. The zero-order chi connectivity index (χ0) is 18.3. The smallest absolute Gasteiger partial charge is 0.259 e. The SMILES string of the molecule is Cc1noc2nc(-c3cccs3)cc(C(=O)N(C)c3ccc(F)cc3)c12. The zero-order valence-electron chi connectivity index (χ0n) is 14.1. The van der Waals surface area contributed by atoms with Crippen LogP contribution in [0.1, 0.15) is 16.1 Å². The maximum Gasteiger partial charge on any atom is 0.259 e. The van der Waals surface area contributed by atoms with Crippen molar-refractivity contribution in [1.82, 2.24) is 10.1 Å². The topological polar surface area (TPSA) is 59.2 Å². The third kappa shape index (κ3) is 2.76. The lowest BCUT2D eigenvalue weighted by Gasteiger charge is -2.18. The number of anilines is 1. The van der Waals surface area contributed by atoms with E-state index in [1.54, 1.807) is 32.2 Å². The molecular weight excluding hydrogens is 353 g/mol. The predicted molar refractivity (Wildman–Crippen MR) is 99.0 cm³/mol. The number of pyridine rings is 1. The van der Waals surface area contributed by atoms with E-state index in [2.05, 4.69) is 10.1 Å². The number of amides is 1. The Bertz CT molecular complexity index is 1090. The lowest BCUT2D eigenvalue weighted by atomic mass is 10.1. The monoisotopic (exact) mass is 367 g/mol. The molecule has 7 heteroatoms. The van der Waals surface area contributed by atoms with E-state index in [1.165, 1.54) is 28.4 Å². The standard InChI is InChI=1S/C19H14FN3O2S/c1-11-17-14(19(24)23(2)13-7-5-12(20)6-8-13)10-15(16-4-3-9-26-16)21-18(17)25-22-11/h3-10H,1-2H3. The number of aromatic nitrogens is 2. The highest BCUT2D eigenvalue weighted by Crippen LogP contribution is 2.30. The second-order valence-corrected chi connectivity index (χ2v) is 6.77. The van der Waals surface area contributed by atoms with Gasteiger partial charge in [-0.15, -0.1) is 11.3 Å². The summed E-state index contributed by atoms with van der Waals surface area (Å²) in [6, 6.07) is 11.4. The number of nitrogens with zero attached hydrogens (tertiary/aromatic N) is 3. The second-order valence-electron chi connectivity index (χ2n) is 5.82. The quantitative estimate of drug-likeness (QED) is 0.528. The second kappa shape index (κ2) is 6.34. The van der Waals surface area contributed by atoms with Crippen LogP contribution in [0.2, 0.25) is 0 Å². The predicted octanol–water partition coefficient (Wildman–Crippen LogP) is 4.68. The van der Waals surface area contributed by atoms with Crippen LogP contribution in [0.4, 0.5) is 10.1 Å². The van der Waals surface area contributed by atoms with Crippen LogP contribution in [0.25, 0.3) is 21.7 Å². The van der Waals surface area contributed by atoms with Crippen molar-refractivity contribution in [1.29, 1.82) is 0 Å². The molecule has 0 N–H and O–H groups in total. The normalized spacial score (nSPS) is 11.0. The molecule has 5 nitrogen and oxygen atoms in total. The van der Waals surface area contributed by atoms with Crippen LogP contribution >= 0.6 is 11.3 Å². The molecule has 0 saturated carbocycles. The van der Waals surface area contributed by atoms with Crippen LogP contribution in [-0.2, 0) is 0 Å². The van der Waals surface area contributed by atoms with Gasteiger partial charge < -0.3 is 9.42 Å². The van der Waals surface area contributed by atoms with Gasteiger partial charge in [-0.3, -0.25) is 4.79 Å². The fraction of sp³-hybridized carbons (Fsp3) is 0.105. The molecule has 1 aromatic carbocycles. The van der Waals surface area contributed by atoms with Crippen LogP contribution in [0.3, 0.4) is 0 Å². The highest BCUT2D eigenvalue weighted by atomic mass is 32.1. The van der Waals surface area contributed by atoms with Gasteiger partial charge >= 0.3 is 0 Å². The van der Waals surface area contributed by atoms with Crippen molar-refractivity contribution >= 4 is 34.0 Å². The van der Waals surface area contributed by atoms with Crippen molar-refractivity contribution in [2.24, 2.45) is 0 Å². The molecule has 4 rings (SSSR count). The van der Waals surface area contributed by atoms with Crippen LogP contribution in [-0.4, -0.2) is 23.1 Å². The number of halogens is 1. The highest BCUT2D eigenvalue weighted by Gasteiger charge is 2.22. The van der Waals surface area contributed by atoms with E-state index in [9.17, 15) is 9.18 Å². The molecule has 26 heavy (non-hydrogen) atoms. The largest absolute Gasteiger partial charge is 0.335 e. The molecule has 0 aliphatic rings. The number of carbonyl (C=O) groups excluding carboxylic acids is 1. The Balaban J connectivity index is 1.85. The minimum atomic E-state index is -0.351. The fourth-order valence-corrected chi connectivity index (χ4v) is 3.46. The number of carbonyl (C=O) groups is 1. The third-order valence-electron chi connectivity index (χ3n) is 4.14. The molecule has 0 fully saturated rings. The third-order valence-corrected chi connectivity index (χ3v) is 5.03. The van der Waals surface area contributed by atoms with Crippen LogP contribution < -0.4 is 4.90 Å². The Morgan fingerprint density at radius 2 is 2.00 bits per heavy atom. The number of fused-ring (bicyclic) bond motifs is 1. The van der Waals surface area contributed by atoms with Crippen molar-refractivity contribution in [2.75, 3.05) is 11.9 Å². The Labute approximate surface area is 152 Å². The first-order valence-electron chi connectivity index (χ1n) is 7.89. The average Bonchev–Trinajstić information content (AvgIpc) is 3.31. The number of benzene rings is 1. The molecule has 0 saturated heterocycles. The molecular formula is C19H14FN3O2S. The molecule has 0 spiro atoms. The molecule has 0 bridgehead atoms. The summed E-state index contributed by atoms with van der Waals surface area (Å²) in [5.41, 5.74) is 2.61. The first-order valence-corrected chi connectivity index (χ1v) is 8.77. The number of aryl methyl sites for hydroxylation is 1. The molecule has 0 unspecified atom stereocenters. The fourth-order valence-electron chi connectivity index (χ4n) is 2.78. The summed E-state index contributed by atoms with van der Waals surface area (Å²) in [6.07, 6.45) is 0. The Morgan fingerprint density at radius 1 is 1.23 bits per heavy atom. The summed E-state index contributed by atoms with van der Waals surface area (Å²) in [5.74, 6) is -0.594. The highest BCUT2D eigenvalue weighted by molar-refractivity contribution is 7.13. The van der Waals surface area contributed by atoms with Gasteiger partial charge in [-0.2, -0.15) is 0 Å². The molecule has 0 aliphatic heterocycles. The lowest BCUT2D eigenvalue weighted by molar-refractivity contribution is 0.0994. The summed E-state index contributed by atoms with van der Waals surface area (Å²) < 4.78 is 18.5. The minimum Gasteiger partial charge on any atom is -0.335 e. The molecule has 3 heterocycles.